The SMILES string of the molecule is CCCCOc1ccc(CCC(=O)Nc2ccc([N+](=O)[O-])cc2Br)cc1OCC. The van der Waals surface area contributed by atoms with Gasteiger partial charge >= 0.3 is 0 Å². The van der Waals surface area contributed by atoms with Gasteiger partial charge in [-0.1, -0.05) is 19.4 Å². The number of nitro benzene ring substituents is 1. The highest BCUT2D eigenvalue weighted by atomic mass is 79.9. The van der Waals surface area contributed by atoms with Gasteiger partial charge in [0.15, 0.2) is 11.5 Å². The Morgan fingerprint density at radius 3 is 2.59 bits per heavy atom. The summed E-state index contributed by atoms with van der Waals surface area (Å²) in [5.41, 5.74) is 1.42. The summed E-state index contributed by atoms with van der Waals surface area (Å²) in [4.78, 5) is 22.6. The maximum Gasteiger partial charge on any atom is 0.270 e. The van der Waals surface area contributed by atoms with Gasteiger partial charge in [-0.2, -0.15) is 0 Å². The summed E-state index contributed by atoms with van der Waals surface area (Å²) in [6, 6.07) is 9.93. The van der Waals surface area contributed by atoms with E-state index in [1.807, 2.05) is 25.1 Å². The molecule has 0 radical (unpaired) electrons. The summed E-state index contributed by atoms with van der Waals surface area (Å²) in [7, 11) is 0. The molecule has 2 aromatic carbocycles. The maximum atomic E-state index is 12.3. The monoisotopic (exact) mass is 464 g/mol. The third kappa shape index (κ3) is 7.05. The number of nitro groups is 1. The van der Waals surface area contributed by atoms with Crippen LogP contribution in [-0.4, -0.2) is 24.0 Å². The van der Waals surface area contributed by atoms with Gasteiger partial charge in [-0.3, -0.25) is 14.9 Å². The molecule has 29 heavy (non-hydrogen) atoms. The number of nitrogens with one attached hydrogen (secondary N) is 1. The van der Waals surface area contributed by atoms with E-state index in [1.54, 1.807) is 0 Å². The summed E-state index contributed by atoms with van der Waals surface area (Å²) < 4.78 is 11.9. The van der Waals surface area contributed by atoms with Crippen molar-refractivity contribution in [3.05, 3.63) is 56.5 Å². The average Bonchev–Trinajstić information content (AvgIpc) is 2.69. The first-order valence-corrected chi connectivity index (χ1v) is 10.4. The van der Waals surface area contributed by atoms with Crippen LogP contribution in [0.25, 0.3) is 0 Å². The summed E-state index contributed by atoms with van der Waals surface area (Å²) in [5.74, 6) is 1.21. The van der Waals surface area contributed by atoms with E-state index in [1.165, 1.54) is 18.2 Å². The molecule has 1 amide bonds. The Labute approximate surface area is 178 Å². The minimum absolute atomic E-state index is 0.0421. The van der Waals surface area contributed by atoms with Crippen molar-refractivity contribution in [1.29, 1.82) is 0 Å². The number of benzene rings is 2. The molecule has 0 spiro atoms. The molecule has 2 aromatic rings. The number of hydrogen-bond acceptors (Lipinski definition) is 5. The van der Waals surface area contributed by atoms with E-state index in [2.05, 4.69) is 28.2 Å². The molecule has 0 heterocycles. The van der Waals surface area contributed by atoms with Gasteiger partial charge in [-0.05, 0) is 59.5 Å². The van der Waals surface area contributed by atoms with Crippen LogP contribution in [0.4, 0.5) is 11.4 Å². The van der Waals surface area contributed by atoms with E-state index in [-0.39, 0.29) is 18.0 Å². The number of hydrogen-bond donors (Lipinski definition) is 1. The molecule has 0 aliphatic rings. The van der Waals surface area contributed by atoms with E-state index < -0.39 is 4.92 Å². The van der Waals surface area contributed by atoms with Gasteiger partial charge in [0, 0.05) is 23.0 Å². The normalized spacial score (nSPS) is 10.4. The number of nitrogens with zero attached hydrogens (tertiary/aromatic N) is 1. The number of amides is 1. The Balaban J connectivity index is 1.97. The number of carbonyl (C=O) groups is 1. The molecule has 1 N–H and O–H groups in total. The first-order valence-electron chi connectivity index (χ1n) is 9.56. The van der Waals surface area contributed by atoms with Crippen LogP contribution in [0.2, 0.25) is 0 Å². The van der Waals surface area contributed by atoms with Crippen molar-refractivity contribution < 1.29 is 19.2 Å². The van der Waals surface area contributed by atoms with Gasteiger partial charge in [0.1, 0.15) is 0 Å². The number of carbonyl (C=O) groups excluding carboxylic acids is 1. The van der Waals surface area contributed by atoms with Gasteiger partial charge in [-0.15, -0.1) is 0 Å². The molecule has 0 bridgehead atoms. The zero-order valence-corrected chi connectivity index (χ0v) is 18.2. The van der Waals surface area contributed by atoms with Crippen molar-refractivity contribution in [2.75, 3.05) is 18.5 Å². The predicted octanol–water partition coefficient (Wildman–Crippen LogP) is 5.51. The molecule has 0 aromatic heterocycles. The number of anilines is 1. The van der Waals surface area contributed by atoms with Gasteiger partial charge in [0.2, 0.25) is 5.91 Å². The topological polar surface area (TPSA) is 90.7 Å². The molecule has 8 heteroatoms. The number of non-ortho nitro benzene ring substituents is 1. The lowest BCUT2D eigenvalue weighted by atomic mass is 10.1. The lowest BCUT2D eigenvalue weighted by molar-refractivity contribution is -0.384. The van der Waals surface area contributed by atoms with Crippen molar-refractivity contribution in [3.8, 4) is 11.5 Å². The number of unbranched alkanes of at least 4 members (excludes halogenated alkanes) is 1. The Kier molecular flexibility index (Phi) is 8.92. The van der Waals surface area contributed by atoms with Crippen LogP contribution in [0.3, 0.4) is 0 Å². The number of rotatable bonds is 11. The van der Waals surface area contributed by atoms with Crippen LogP contribution in [-0.2, 0) is 11.2 Å². The minimum atomic E-state index is -0.484. The van der Waals surface area contributed by atoms with Crippen molar-refractivity contribution >= 4 is 33.2 Å². The number of ether oxygens (including phenoxy) is 2. The molecule has 0 aliphatic heterocycles. The maximum absolute atomic E-state index is 12.3. The second-order valence-electron chi connectivity index (χ2n) is 6.39. The fraction of sp³-hybridized carbons (Fsp3) is 0.381. The molecule has 0 saturated carbocycles. The zero-order valence-electron chi connectivity index (χ0n) is 16.6. The second kappa shape index (κ2) is 11.4. The fourth-order valence-electron chi connectivity index (χ4n) is 2.61. The van der Waals surface area contributed by atoms with Crippen LogP contribution in [0, 0.1) is 10.1 Å². The van der Waals surface area contributed by atoms with Crippen LogP contribution < -0.4 is 14.8 Å². The van der Waals surface area contributed by atoms with Gasteiger partial charge < -0.3 is 14.8 Å². The third-order valence-electron chi connectivity index (χ3n) is 4.14. The summed E-state index contributed by atoms with van der Waals surface area (Å²) in [6.07, 6.45) is 2.84. The quantitative estimate of drug-likeness (QED) is 0.269. The molecular weight excluding hydrogens is 440 g/mol. The summed E-state index contributed by atoms with van der Waals surface area (Å²) >= 11 is 3.25. The number of halogens is 1. The van der Waals surface area contributed by atoms with Crippen molar-refractivity contribution in [1.82, 2.24) is 0 Å². The highest BCUT2D eigenvalue weighted by molar-refractivity contribution is 9.10. The van der Waals surface area contributed by atoms with Gasteiger partial charge in [-0.25, -0.2) is 0 Å². The van der Waals surface area contributed by atoms with Crippen LogP contribution in [0.1, 0.15) is 38.7 Å². The Hall–Kier alpha value is -2.61. The zero-order chi connectivity index (χ0) is 21.2. The number of aryl methyl sites for hydroxylation is 1. The molecule has 7 nitrogen and oxygen atoms in total. The summed E-state index contributed by atoms with van der Waals surface area (Å²) in [5, 5.41) is 13.6. The van der Waals surface area contributed by atoms with E-state index in [0.717, 1.165) is 18.4 Å². The Bertz CT molecular complexity index is 857. The van der Waals surface area contributed by atoms with E-state index >= 15 is 0 Å². The first kappa shape index (κ1) is 22.7. The molecule has 156 valence electrons. The lowest BCUT2D eigenvalue weighted by Crippen LogP contribution is -2.13. The molecule has 0 fully saturated rings. The molecule has 2 rings (SSSR count). The van der Waals surface area contributed by atoms with Gasteiger partial charge in [0.25, 0.3) is 5.69 Å². The van der Waals surface area contributed by atoms with Crippen LogP contribution in [0.5, 0.6) is 11.5 Å². The fourth-order valence-corrected chi connectivity index (χ4v) is 3.08. The molecule has 0 aliphatic carbocycles. The first-order chi connectivity index (χ1) is 13.9. The molecular formula is C21H25BrN2O5. The Morgan fingerprint density at radius 1 is 1.14 bits per heavy atom. The highest BCUT2D eigenvalue weighted by Gasteiger charge is 2.12. The van der Waals surface area contributed by atoms with E-state index in [4.69, 9.17) is 9.47 Å². The van der Waals surface area contributed by atoms with Crippen LogP contribution >= 0.6 is 15.9 Å². The van der Waals surface area contributed by atoms with Crippen LogP contribution in [0.15, 0.2) is 40.9 Å². The standard InChI is InChI=1S/C21H25BrN2O5/c1-3-5-12-29-19-10-6-15(13-20(19)28-4-2)7-11-21(25)23-18-9-8-16(24(26)27)14-17(18)22/h6,8-10,13-14H,3-5,7,11-12H2,1-2H3,(H,23,25). The second-order valence-corrected chi connectivity index (χ2v) is 7.24. The van der Waals surface area contributed by atoms with Crippen molar-refractivity contribution in [2.45, 2.75) is 39.5 Å². The largest absolute Gasteiger partial charge is 0.490 e. The third-order valence-corrected chi connectivity index (χ3v) is 4.80. The van der Waals surface area contributed by atoms with Gasteiger partial charge in [0.05, 0.1) is 23.8 Å². The molecule has 0 unspecified atom stereocenters. The highest BCUT2D eigenvalue weighted by Crippen LogP contribution is 2.30. The molecule has 0 saturated heterocycles. The average molecular weight is 465 g/mol. The molecule has 0 atom stereocenters. The smallest absolute Gasteiger partial charge is 0.270 e. The Morgan fingerprint density at radius 2 is 1.93 bits per heavy atom. The summed E-state index contributed by atoms with van der Waals surface area (Å²) in [6.45, 7) is 5.19. The van der Waals surface area contributed by atoms with Crippen molar-refractivity contribution in [2.24, 2.45) is 0 Å². The lowest BCUT2D eigenvalue weighted by Gasteiger charge is -2.13. The van der Waals surface area contributed by atoms with E-state index in [0.29, 0.717) is 41.3 Å². The minimum Gasteiger partial charge on any atom is -0.490 e. The van der Waals surface area contributed by atoms with E-state index in [9.17, 15) is 14.9 Å². The predicted molar refractivity (Wildman–Crippen MR) is 116 cm³/mol. The van der Waals surface area contributed by atoms with Crippen molar-refractivity contribution in [3.63, 3.8) is 0 Å².